The van der Waals surface area contributed by atoms with Crippen LogP contribution in [0.15, 0.2) is 48.8 Å². The molecule has 0 atom stereocenters. The highest BCUT2D eigenvalue weighted by molar-refractivity contribution is 5.92. The molecule has 0 saturated heterocycles. The summed E-state index contributed by atoms with van der Waals surface area (Å²) >= 11 is 0. The second kappa shape index (κ2) is 10.6. The largest absolute Gasteiger partial charge is 0.496 e. The number of fused-ring (bicyclic) bond motifs is 1. The first-order chi connectivity index (χ1) is 17.3. The quantitative estimate of drug-likeness (QED) is 0.306. The van der Waals surface area contributed by atoms with Crippen molar-refractivity contribution in [3.63, 3.8) is 0 Å². The molecule has 2 heterocycles. The number of carboxylic acid groups (broad SMARTS) is 1. The zero-order valence-corrected chi connectivity index (χ0v) is 20.7. The molecule has 2 aromatic carbocycles. The Morgan fingerprint density at radius 2 is 1.94 bits per heavy atom. The van der Waals surface area contributed by atoms with Gasteiger partial charge in [0.2, 0.25) is 0 Å². The van der Waals surface area contributed by atoms with Crippen molar-refractivity contribution in [3.8, 4) is 22.8 Å². The third-order valence-electron chi connectivity index (χ3n) is 5.76. The number of anilines is 1. The third-order valence-corrected chi connectivity index (χ3v) is 5.76. The second-order valence-electron chi connectivity index (χ2n) is 8.91. The highest BCUT2D eigenvalue weighted by atomic mass is 19.1. The smallest absolute Gasteiger partial charge is 0.339 e. The van der Waals surface area contributed by atoms with Crippen LogP contribution < -0.4 is 14.8 Å². The molecule has 0 saturated carbocycles. The van der Waals surface area contributed by atoms with Gasteiger partial charge in [-0.15, -0.1) is 0 Å². The number of benzene rings is 2. The summed E-state index contributed by atoms with van der Waals surface area (Å²) in [6, 6.07) is 11.6. The average Bonchev–Trinajstić information content (AvgIpc) is 3.17. The molecule has 9 heteroatoms. The summed E-state index contributed by atoms with van der Waals surface area (Å²) in [6.45, 7) is 7.50. The summed E-state index contributed by atoms with van der Waals surface area (Å²) in [7, 11) is 1.53. The van der Waals surface area contributed by atoms with Crippen molar-refractivity contribution in [2.45, 2.75) is 27.3 Å². The Kier molecular flexibility index (Phi) is 7.38. The first-order valence-electron chi connectivity index (χ1n) is 11.7. The minimum absolute atomic E-state index is 0.106. The minimum Gasteiger partial charge on any atom is -0.496 e. The molecule has 2 N–H and O–H groups in total. The lowest BCUT2D eigenvalue weighted by Gasteiger charge is -2.13. The predicted molar refractivity (Wildman–Crippen MR) is 136 cm³/mol. The van der Waals surface area contributed by atoms with E-state index < -0.39 is 5.97 Å². The molecule has 0 aliphatic rings. The normalized spacial score (nSPS) is 11.2. The minimum atomic E-state index is -1.05. The Morgan fingerprint density at radius 3 is 2.67 bits per heavy atom. The van der Waals surface area contributed by atoms with Gasteiger partial charge in [-0.3, -0.25) is 0 Å². The van der Waals surface area contributed by atoms with Crippen molar-refractivity contribution in [2.24, 2.45) is 5.92 Å². The van der Waals surface area contributed by atoms with Gasteiger partial charge in [0.05, 0.1) is 24.9 Å². The number of ether oxygens (including phenoxy) is 2. The van der Waals surface area contributed by atoms with Gasteiger partial charge in [0.25, 0.3) is 0 Å². The number of nitrogens with one attached hydrogen (secondary N) is 1. The van der Waals surface area contributed by atoms with E-state index in [4.69, 9.17) is 9.47 Å². The van der Waals surface area contributed by atoms with Gasteiger partial charge < -0.3 is 24.5 Å². The van der Waals surface area contributed by atoms with Crippen molar-refractivity contribution in [2.75, 3.05) is 25.6 Å². The maximum absolute atomic E-state index is 14.1. The van der Waals surface area contributed by atoms with Crippen LogP contribution in [0, 0.1) is 18.7 Å². The van der Waals surface area contributed by atoms with Gasteiger partial charge in [-0.25, -0.2) is 19.2 Å². The van der Waals surface area contributed by atoms with Crippen LogP contribution >= 0.6 is 0 Å². The van der Waals surface area contributed by atoms with Crippen LogP contribution in [-0.4, -0.2) is 45.9 Å². The van der Waals surface area contributed by atoms with E-state index in [0.29, 0.717) is 42.7 Å². The number of carboxylic acids is 1. The molecule has 0 fully saturated rings. The summed E-state index contributed by atoms with van der Waals surface area (Å²) in [5.41, 5.74) is 3.22. The van der Waals surface area contributed by atoms with E-state index in [2.05, 4.69) is 15.3 Å². The maximum atomic E-state index is 14.1. The number of aryl methyl sites for hydroxylation is 1. The summed E-state index contributed by atoms with van der Waals surface area (Å²) < 4.78 is 27.2. The van der Waals surface area contributed by atoms with E-state index >= 15 is 0 Å². The number of hydrogen-bond donors (Lipinski definition) is 2. The fraction of sp³-hybridized carbons (Fsp3) is 0.296. The predicted octanol–water partition coefficient (Wildman–Crippen LogP) is 5.40. The fourth-order valence-electron chi connectivity index (χ4n) is 4.03. The number of aromatic nitrogens is 3. The number of aromatic carboxylic acids is 1. The van der Waals surface area contributed by atoms with E-state index in [0.717, 1.165) is 22.2 Å². The lowest BCUT2D eigenvalue weighted by Crippen LogP contribution is -2.12. The molecule has 0 amide bonds. The van der Waals surface area contributed by atoms with Gasteiger partial charge in [-0.2, -0.15) is 0 Å². The molecule has 2 aromatic heterocycles. The number of hydrogen-bond acceptors (Lipinski definition) is 6. The van der Waals surface area contributed by atoms with Gasteiger partial charge in [0.1, 0.15) is 35.0 Å². The molecular weight excluding hydrogens is 463 g/mol. The van der Waals surface area contributed by atoms with Crippen molar-refractivity contribution >= 4 is 22.7 Å². The Morgan fingerprint density at radius 1 is 1.14 bits per heavy atom. The van der Waals surface area contributed by atoms with Crippen LogP contribution in [0.3, 0.4) is 0 Å². The molecule has 0 unspecified atom stereocenters. The number of carbonyl (C=O) groups is 1. The molecule has 0 radical (unpaired) electrons. The van der Waals surface area contributed by atoms with Crippen LogP contribution in [0.25, 0.3) is 22.2 Å². The van der Waals surface area contributed by atoms with Crippen LogP contribution in [0.5, 0.6) is 11.5 Å². The van der Waals surface area contributed by atoms with E-state index in [1.165, 1.54) is 31.6 Å². The molecule has 0 aliphatic heterocycles. The maximum Gasteiger partial charge on any atom is 0.339 e. The van der Waals surface area contributed by atoms with Gasteiger partial charge in [0, 0.05) is 41.9 Å². The Bertz CT molecular complexity index is 1400. The SMILES string of the molecule is COc1cc(F)cc2c1cc(C)n2CCNc1cc(-c2ccc(C(=O)O)c(OCC(C)C)c2)ncn1. The Labute approximate surface area is 208 Å². The molecular formula is C27H29FN4O4. The third kappa shape index (κ3) is 5.40. The van der Waals surface area contributed by atoms with Crippen molar-refractivity contribution in [1.82, 2.24) is 14.5 Å². The standard InChI is InChI=1S/C27H29FN4O4/c1-16(2)14-36-25-10-18(5-6-20(25)27(33)34)22-13-26(31-15-30-22)29-7-8-32-17(3)9-21-23(32)11-19(28)12-24(21)35-4/h5-6,9-13,15-16H,7-8,14H2,1-4H3,(H,33,34)(H,29,30,31). The fourth-order valence-corrected chi connectivity index (χ4v) is 4.03. The monoisotopic (exact) mass is 492 g/mol. The van der Waals surface area contributed by atoms with Crippen LogP contribution in [0.2, 0.25) is 0 Å². The van der Waals surface area contributed by atoms with E-state index in [1.54, 1.807) is 18.2 Å². The molecule has 188 valence electrons. The molecule has 4 aromatic rings. The highest BCUT2D eigenvalue weighted by Gasteiger charge is 2.15. The summed E-state index contributed by atoms with van der Waals surface area (Å²) in [5, 5.41) is 13.6. The summed E-state index contributed by atoms with van der Waals surface area (Å²) in [6.07, 6.45) is 1.45. The van der Waals surface area contributed by atoms with Crippen LogP contribution in [0.1, 0.15) is 29.9 Å². The van der Waals surface area contributed by atoms with Crippen molar-refractivity contribution < 1.29 is 23.8 Å². The van der Waals surface area contributed by atoms with Gasteiger partial charge in [-0.1, -0.05) is 19.9 Å². The zero-order chi connectivity index (χ0) is 25.8. The van der Waals surface area contributed by atoms with Crippen molar-refractivity contribution in [1.29, 1.82) is 0 Å². The van der Waals surface area contributed by atoms with Crippen LogP contribution in [-0.2, 0) is 6.54 Å². The first-order valence-corrected chi connectivity index (χ1v) is 11.7. The van der Waals surface area contributed by atoms with E-state index in [-0.39, 0.29) is 17.3 Å². The molecule has 0 spiro atoms. The van der Waals surface area contributed by atoms with Crippen LogP contribution in [0.4, 0.5) is 10.2 Å². The molecule has 36 heavy (non-hydrogen) atoms. The summed E-state index contributed by atoms with van der Waals surface area (Å²) in [5.74, 6) is 0.285. The number of rotatable bonds is 10. The van der Waals surface area contributed by atoms with E-state index in [9.17, 15) is 14.3 Å². The Balaban J connectivity index is 1.52. The molecule has 4 rings (SSSR count). The Hall–Kier alpha value is -4.14. The van der Waals surface area contributed by atoms with Gasteiger partial charge >= 0.3 is 5.97 Å². The highest BCUT2D eigenvalue weighted by Crippen LogP contribution is 2.30. The summed E-state index contributed by atoms with van der Waals surface area (Å²) in [4.78, 5) is 20.2. The molecule has 8 nitrogen and oxygen atoms in total. The number of halogens is 1. The lowest BCUT2D eigenvalue weighted by molar-refractivity contribution is 0.0691. The first kappa shape index (κ1) is 25.0. The number of nitrogens with zero attached hydrogens (tertiary/aromatic N) is 3. The molecule has 0 aliphatic carbocycles. The topological polar surface area (TPSA) is 98.5 Å². The molecule has 0 bridgehead atoms. The van der Waals surface area contributed by atoms with Gasteiger partial charge in [-0.05, 0) is 37.1 Å². The van der Waals surface area contributed by atoms with Gasteiger partial charge in [0.15, 0.2) is 0 Å². The zero-order valence-electron chi connectivity index (χ0n) is 20.7. The van der Waals surface area contributed by atoms with Crippen molar-refractivity contribution in [3.05, 3.63) is 65.9 Å². The second-order valence-corrected chi connectivity index (χ2v) is 8.91. The van der Waals surface area contributed by atoms with E-state index in [1.807, 2.05) is 31.4 Å². The lowest BCUT2D eigenvalue weighted by atomic mass is 10.1. The average molecular weight is 493 g/mol. The number of methoxy groups -OCH3 is 1.